The first kappa shape index (κ1) is 32.7. The Kier molecular flexibility index (Phi) is 8.55. The predicted octanol–water partition coefficient (Wildman–Crippen LogP) is 8.87. The van der Waals surface area contributed by atoms with Gasteiger partial charge in [0, 0.05) is 33.5 Å². The van der Waals surface area contributed by atoms with Crippen molar-refractivity contribution in [2.75, 3.05) is 18.2 Å². The van der Waals surface area contributed by atoms with E-state index < -0.39 is 0 Å². The molecule has 6 nitrogen and oxygen atoms in total. The molecule has 2 aromatic rings. The molecule has 2 saturated heterocycles. The van der Waals surface area contributed by atoms with E-state index in [-0.39, 0.29) is 39.5 Å². The van der Waals surface area contributed by atoms with E-state index in [9.17, 15) is 0 Å². The van der Waals surface area contributed by atoms with Gasteiger partial charge in [0.15, 0.2) is 0 Å². The SMILES string of the molecule is CC1(C)CCCC(C)(C)N1OC[C@@H]1C[C@@]2(C)C(c3ccccc3)=NN(c3ccccc3)[C@H]2[C@@H]1CON1C(C)(C)CCCC1(C)C. The quantitative estimate of drug-likeness (QED) is 0.297. The highest BCUT2D eigenvalue weighted by atomic mass is 16.7. The molecule has 0 N–H and O–H groups in total. The third kappa shape index (κ3) is 6.01. The van der Waals surface area contributed by atoms with Crippen molar-refractivity contribution < 1.29 is 9.68 Å². The Morgan fingerprint density at radius 3 is 1.62 bits per heavy atom. The van der Waals surface area contributed by atoms with E-state index >= 15 is 0 Å². The molecule has 45 heavy (non-hydrogen) atoms. The van der Waals surface area contributed by atoms with Crippen LogP contribution in [0.1, 0.15) is 113 Å². The number of fused-ring (bicyclic) bond motifs is 1. The summed E-state index contributed by atoms with van der Waals surface area (Å²) in [4.78, 5) is 14.1. The number of hydrogen-bond donors (Lipinski definition) is 0. The molecule has 2 aromatic carbocycles. The zero-order valence-electron chi connectivity index (χ0n) is 29.5. The van der Waals surface area contributed by atoms with Crippen LogP contribution in [0, 0.1) is 17.3 Å². The molecule has 0 spiro atoms. The number of para-hydroxylation sites is 1. The second kappa shape index (κ2) is 11.8. The van der Waals surface area contributed by atoms with Crippen LogP contribution in [0.2, 0.25) is 0 Å². The summed E-state index contributed by atoms with van der Waals surface area (Å²) in [5.74, 6) is 0.537. The number of nitrogens with zero attached hydrogens (tertiary/aromatic N) is 4. The summed E-state index contributed by atoms with van der Waals surface area (Å²) in [5.41, 5.74) is 3.35. The second-order valence-electron chi connectivity index (χ2n) is 17.1. The summed E-state index contributed by atoms with van der Waals surface area (Å²) in [6, 6.07) is 21.7. The molecule has 0 unspecified atom stereocenters. The lowest BCUT2D eigenvalue weighted by Crippen LogP contribution is -2.59. The zero-order valence-corrected chi connectivity index (χ0v) is 29.5. The van der Waals surface area contributed by atoms with Gasteiger partial charge in [-0.2, -0.15) is 15.2 Å². The van der Waals surface area contributed by atoms with E-state index in [1.165, 1.54) is 24.1 Å². The van der Waals surface area contributed by atoms with Gasteiger partial charge in [-0.1, -0.05) is 55.5 Å². The van der Waals surface area contributed by atoms with Gasteiger partial charge >= 0.3 is 0 Å². The molecule has 3 fully saturated rings. The van der Waals surface area contributed by atoms with E-state index in [1.54, 1.807) is 0 Å². The van der Waals surface area contributed by atoms with Gasteiger partial charge in [0.25, 0.3) is 0 Å². The number of hydrogen-bond acceptors (Lipinski definition) is 6. The Bertz CT molecular complexity index is 1320. The van der Waals surface area contributed by atoms with Gasteiger partial charge in [-0.05, 0) is 124 Å². The first-order valence-electron chi connectivity index (χ1n) is 17.5. The molecule has 0 amide bonds. The lowest BCUT2D eigenvalue weighted by molar-refractivity contribution is -0.298. The second-order valence-corrected chi connectivity index (χ2v) is 17.1. The first-order valence-corrected chi connectivity index (χ1v) is 17.5. The van der Waals surface area contributed by atoms with Crippen molar-refractivity contribution in [1.82, 2.24) is 10.1 Å². The average Bonchev–Trinajstić information content (AvgIpc) is 3.41. The fraction of sp³-hybridized carbons (Fsp3) is 0.667. The number of hydrazone groups is 1. The van der Waals surface area contributed by atoms with Gasteiger partial charge in [-0.15, -0.1) is 0 Å². The molecule has 6 rings (SSSR count). The van der Waals surface area contributed by atoms with Crippen LogP contribution in [0.5, 0.6) is 0 Å². The number of hydroxylamine groups is 4. The lowest BCUT2D eigenvalue weighted by Gasteiger charge is -2.52. The van der Waals surface area contributed by atoms with Crippen LogP contribution in [0.3, 0.4) is 0 Å². The molecule has 0 radical (unpaired) electrons. The molecule has 1 saturated carbocycles. The molecule has 6 heteroatoms. The van der Waals surface area contributed by atoms with Crippen molar-refractivity contribution >= 4 is 11.4 Å². The maximum atomic E-state index is 7.07. The summed E-state index contributed by atoms with van der Waals surface area (Å²) in [5, 5.41) is 12.5. The van der Waals surface area contributed by atoms with Gasteiger partial charge in [0.2, 0.25) is 0 Å². The minimum Gasteiger partial charge on any atom is -0.298 e. The summed E-state index contributed by atoms with van der Waals surface area (Å²) in [6.07, 6.45) is 8.07. The van der Waals surface area contributed by atoms with Crippen LogP contribution in [-0.2, 0) is 9.68 Å². The number of piperidine rings is 2. The van der Waals surface area contributed by atoms with Gasteiger partial charge in [0.05, 0.1) is 30.7 Å². The van der Waals surface area contributed by atoms with Crippen LogP contribution < -0.4 is 5.01 Å². The molecular formula is C39H58N4O2. The van der Waals surface area contributed by atoms with Crippen LogP contribution in [0.4, 0.5) is 5.69 Å². The maximum Gasteiger partial charge on any atom is 0.0762 e. The van der Waals surface area contributed by atoms with E-state index in [0.717, 1.165) is 37.8 Å². The predicted molar refractivity (Wildman–Crippen MR) is 185 cm³/mol. The summed E-state index contributed by atoms with van der Waals surface area (Å²) in [7, 11) is 0. The Morgan fingerprint density at radius 2 is 1.11 bits per heavy atom. The average molecular weight is 615 g/mol. The highest BCUT2D eigenvalue weighted by Gasteiger charge is 2.60. The summed E-state index contributed by atoms with van der Waals surface area (Å²) in [6.45, 7) is 22.5. The molecule has 1 aliphatic carbocycles. The molecule has 3 heterocycles. The minimum atomic E-state index is -0.154. The van der Waals surface area contributed by atoms with Crippen LogP contribution in [-0.4, -0.2) is 57.2 Å². The third-order valence-corrected chi connectivity index (χ3v) is 11.6. The standard InChI is InChI=1S/C39H58N4O2/c1-35(2)22-16-23-36(3,4)42(35)44-27-30-26-39(9)33(29-18-12-10-13-19-29)40-41(31-20-14-11-15-21-31)34(39)32(30)28-45-43-37(5,6)24-17-25-38(43,7)8/h10-15,18-21,30,32,34H,16-17,22-28H2,1-9H3/t30-,32+,34-,39-/m0/s1. The van der Waals surface area contributed by atoms with Crippen LogP contribution >= 0.6 is 0 Å². The number of benzene rings is 2. The van der Waals surface area contributed by atoms with E-state index in [4.69, 9.17) is 14.8 Å². The normalized spacial score (nSPS) is 32.3. The van der Waals surface area contributed by atoms with Gasteiger partial charge in [-0.3, -0.25) is 14.7 Å². The monoisotopic (exact) mass is 614 g/mol. The number of rotatable bonds is 8. The third-order valence-electron chi connectivity index (χ3n) is 11.6. The Morgan fingerprint density at radius 1 is 0.644 bits per heavy atom. The number of anilines is 1. The van der Waals surface area contributed by atoms with Crippen LogP contribution in [0.25, 0.3) is 0 Å². The van der Waals surface area contributed by atoms with E-state index in [0.29, 0.717) is 19.1 Å². The first-order chi connectivity index (χ1) is 21.2. The molecule has 0 aromatic heterocycles. The Hall–Kier alpha value is -2.25. The topological polar surface area (TPSA) is 40.5 Å². The largest absolute Gasteiger partial charge is 0.298 e. The molecule has 4 atom stereocenters. The van der Waals surface area contributed by atoms with Crippen molar-refractivity contribution in [2.45, 2.75) is 135 Å². The summed E-state index contributed by atoms with van der Waals surface area (Å²) >= 11 is 0. The molecule has 0 bridgehead atoms. The van der Waals surface area contributed by atoms with E-state index in [1.807, 2.05) is 0 Å². The Balaban J connectivity index is 1.37. The summed E-state index contributed by atoms with van der Waals surface area (Å²) < 4.78 is 0. The molecule has 4 aliphatic rings. The fourth-order valence-electron chi connectivity index (χ4n) is 9.69. The molecule has 3 aliphatic heterocycles. The fourth-order valence-corrected chi connectivity index (χ4v) is 9.69. The maximum absolute atomic E-state index is 7.07. The van der Waals surface area contributed by atoms with Crippen molar-refractivity contribution in [3.8, 4) is 0 Å². The van der Waals surface area contributed by atoms with Crippen molar-refractivity contribution in [3.05, 3.63) is 66.2 Å². The van der Waals surface area contributed by atoms with Crippen LogP contribution in [0.15, 0.2) is 65.8 Å². The highest BCUT2D eigenvalue weighted by molar-refractivity contribution is 6.07. The molecule has 246 valence electrons. The van der Waals surface area contributed by atoms with Gasteiger partial charge in [-0.25, -0.2) is 0 Å². The van der Waals surface area contributed by atoms with Gasteiger partial charge < -0.3 is 0 Å². The minimum absolute atomic E-state index is 0.000699. The Labute approximate surface area is 273 Å². The van der Waals surface area contributed by atoms with Crippen molar-refractivity contribution in [1.29, 1.82) is 0 Å². The zero-order chi connectivity index (χ0) is 32.3. The van der Waals surface area contributed by atoms with Gasteiger partial charge in [0.1, 0.15) is 0 Å². The smallest absolute Gasteiger partial charge is 0.0762 e. The van der Waals surface area contributed by atoms with Crippen molar-refractivity contribution in [2.24, 2.45) is 22.4 Å². The van der Waals surface area contributed by atoms with E-state index in [2.05, 4.69) is 138 Å². The highest BCUT2D eigenvalue weighted by Crippen LogP contribution is 2.55. The lowest BCUT2D eigenvalue weighted by atomic mass is 9.76. The van der Waals surface area contributed by atoms with Crippen molar-refractivity contribution in [3.63, 3.8) is 0 Å². The molecular weight excluding hydrogens is 556 g/mol.